The van der Waals surface area contributed by atoms with E-state index in [-0.39, 0.29) is 5.91 Å². The minimum absolute atomic E-state index is 0.201. The number of nitrogen functional groups attached to an aromatic ring is 1. The van der Waals surface area contributed by atoms with Crippen LogP contribution in [0.2, 0.25) is 5.02 Å². The first-order valence-electron chi connectivity index (χ1n) is 7.01. The number of rotatable bonds is 4. The van der Waals surface area contributed by atoms with Crippen molar-refractivity contribution in [3.63, 3.8) is 0 Å². The van der Waals surface area contributed by atoms with E-state index in [0.29, 0.717) is 29.0 Å². The Morgan fingerprint density at radius 3 is 2.90 bits per heavy atom. The molecule has 20 heavy (non-hydrogen) atoms. The zero-order chi connectivity index (χ0) is 14.5. The summed E-state index contributed by atoms with van der Waals surface area (Å²) >= 11 is 5.97. The van der Waals surface area contributed by atoms with E-state index in [9.17, 15) is 4.79 Å². The summed E-state index contributed by atoms with van der Waals surface area (Å²) in [4.78, 5) is 18.4. The van der Waals surface area contributed by atoms with Gasteiger partial charge < -0.3 is 11.1 Å². The van der Waals surface area contributed by atoms with E-state index < -0.39 is 0 Å². The van der Waals surface area contributed by atoms with Crippen LogP contribution in [0.3, 0.4) is 0 Å². The molecule has 2 heterocycles. The van der Waals surface area contributed by atoms with Crippen molar-refractivity contribution in [3.8, 4) is 0 Å². The second kappa shape index (κ2) is 6.90. The smallest absolute Gasteiger partial charge is 0.253 e. The van der Waals surface area contributed by atoms with Crippen LogP contribution in [-0.4, -0.2) is 41.5 Å². The molecule has 0 saturated carbocycles. The predicted octanol–water partition coefficient (Wildman–Crippen LogP) is 1.92. The maximum atomic E-state index is 12.1. The van der Waals surface area contributed by atoms with Crippen LogP contribution in [0.25, 0.3) is 0 Å². The number of hydrogen-bond donors (Lipinski definition) is 2. The third-order valence-corrected chi connectivity index (χ3v) is 3.99. The van der Waals surface area contributed by atoms with Gasteiger partial charge in [0.05, 0.1) is 10.6 Å². The predicted molar refractivity (Wildman–Crippen MR) is 80.9 cm³/mol. The molecule has 1 aromatic rings. The first kappa shape index (κ1) is 15.1. The summed E-state index contributed by atoms with van der Waals surface area (Å²) in [6.45, 7) is 4.96. The molecular weight excluding hydrogens is 276 g/mol. The molecule has 6 heteroatoms. The van der Waals surface area contributed by atoms with Gasteiger partial charge in [-0.15, -0.1) is 0 Å². The van der Waals surface area contributed by atoms with Gasteiger partial charge in [0.15, 0.2) is 0 Å². The molecule has 1 aromatic heterocycles. The van der Waals surface area contributed by atoms with Gasteiger partial charge in [-0.3, -0.25) is 9.69 Å². The van der Waals surface area contributed by atoms with Crippen LogP contribution in [0.1, 0.15) is 36.5 Å². The van der Waals surface area contributed by atoms with E-state index in [1.54, 1.807) is 0 Å². The van der Waals surface area contributed by atoms with Crippen LogP contribution in [0, 0.1) is 0 Å². The van der Waals surface area contributed by atoms with Gasteiger partial charge in [0.1, 0.15) is 5.82 Å². The molecule has 0 bridgehead atoms. The van der Waals surface area contributed by atoms with Crippen molar-refractivity contribution in [3.05, 3.63) is 22.8 Å². The standard InChI is InChI=1S/C14H21ClN4O/c1-10(19-5-3-2-4-6-19)8-18-14(20)11-7-13(16)17-9-12(11)15/h7,9-10H,2-6,8H2,1H3,(H2,16,17)(H,18,20). The van der Waals surface area contributed by atoms with Crippen molar-refractivity contribution in [2.24, 2.45) is 0 Å². The molecular formula is C14H21ClN4O. The first-order chi connectivity index (χ1) is 9.58. The molecule has 1 amide bonds. The number of hydrogen-bond acceptors (Lipinski definition) is 4. The van der Waals surface area contributed by atoms with Gasteiger partial charge >= 0.3 is 0 Å². The Bertz CT molecular complexity index is 474. The number of halogens is 1. The number of likely N-dealkylation sites (tertiary alicyclic amines) is 1. The lowest BCUT2D eigenvalue weighted by Crippen LogP contribution is -2.44. The lowest BCUT2D eigenvalue weighted by atomic mass is 10.1. The molecule has 3 N–H and O–H groups in total. The molecule has 1 atom stereocenters. The molecule has 5 nitrogen and oxygen atoms in total. The van der Waals surface area contributed by atoms with Gasteiger partial charge in [0.25, 0.3) is 5.91 Å². The van der Waals surface area contributed by atoms with Gasteiger partial charge in [-0.25, -0.2) is 4.98 Å². The summed E-state index contributed by atoms with van der Waals surface area (Å²) in [5, 5.41) is 3.24. The zero-order valence-electron chi connectivity index (χ0n) is 11.7. The zero-order valence-corrected chi connectivity index (χ0v) is 12.5. The fourth-order valence-electron chi connectivity index (χ4n) is 2.45. The van der Waals surface area contributed by atoms with E-state index in [4.69, 9.17) is 17.3 Å². The van der Waals surface area contributed by atoms with Gasteiger partial charge in [0, 0.05) is 18.8 Å². The number of anilines is 1. The summed E-state index contributed by atoms with van der Waals surface area (Å²) in [5.41, 5.74) is 5.96. The largest absolute Gasteiger partial charge is 0.384 e. The molecule has 1 aliphatic rings. The number of nitrogens with two attached hydrogens (primary N) is 1. The molecule has 0 radical (unpaired) electrons. The lowest BCUT2D eigenvalue weighted by Gasteiger charge is -2.32. The summed E-state index contributed by atoms with van der Waals surface area (Å²) in [6, 6.07) is 1.83. The van der Waals surface area contributed by atoms with E-state index in [0.717, 1.165) is 13.1 Å². The quantitative estimate of drug-likeness (QED) is 0.890. The lowest BCUT2D eigenvalue weighted by molar-refractivity contribution is 0.0930. The SMILES string of the molecule is CC(CNC(=O)c1cc(N)ncc1Cl)N1CCCCC1. The fraction of sp³-hybridized carbons (Fsp3) is 0.571. The maximum Gasteiger partial charge on any atom is 0.253 e. The minimum Gasteiger partial charge on any atom is -0.384 e. The molecule has 2 rings (SSSR count). The van der Waals surface area contributed by atoms with Crippen molar-refractivity contribution in [1.82, 2.24) is 15.2 Å². The number of nitrogens with zero attached hydrogens (tertiary/aromatic N) is 2. The average molecular weight is 297 g/mol. The Hall–Kier alpha value is -1.33. The summed E-state index contributed by atoms with van der Waals surface area (Å²) in [6.07, 6.45) is 5.19. The van der Waals surface area contributed by atoms with E-state index in [1.165, 1.54) is 31.5 Å². The van der Waals surface area contributed by atoms with Crippen molar-refractivity contribution in [2.45, 2.75) is 32.2 Å². The fourth-order valence-corrected chi connectivity index (χ4v) is 2.64. The average Bonchev–Trinajstić information content (AvgIpc) is 2.47. The van der Waals surface area contributed by atoms with E-state index in [2.05, 4.69) is 22.1 Å². The number of amides is 1. The third-order valence-electron chi connectivity index (χ3n) is 3.69. The van der Waals surface area contributed by atoms with Gasteiger partial charge in [0.2, 0.25) is 0 Å². The van der Waals surface area contributed by atoms with Gasteiger partial charge in [-0.05, 0) is 38.9 Å². The number of aromatic nitrogens is 1. The maximum absolute atomic E-state index is 12.1. The second-order valence-electron chi connectivity index (χ2n) is 5.24. The first-order valence-corrected chi connectivity index (χ1v) is 7.39. The number of carbonyl (C=O) groups is 1. The van der Waals surface area contributed by atoms with Crippen LogP contribution in [-0.2, 0) is 0 Å². The highest BCUT2D eigenvalue weighted by molar-refractivity contribution is 6.33. The number of pyridine rings is 1. The monoisotopic (exact) mass is 296 g/mol. The van der Waals surface area contributed by atoms with Crippen molar-refractivity contribution in [2.75, 3.05) is 25.4 Å². The third kappa shape index (κ3) is 3.84. The molecule has 1 saturated heterocycles. The van der Waals surface area contributed by atoms with E-state index >= 15 is 0 Å². The van der Waals surface area contributed by atoms with Crippen molar-refractivity contribution < 1.29 is 4.79 Å². The molecule has 0 aliphatic carbocycles. The van der Waals surface area contributed by atoms with Gasteiger partial charge in [-0.1, -0.05) is 18.0 Å². The number of carbonyl (C=O) groups excluding carboxylic acids is 1. The van der Waals surface area contributed by atoms with E-state index in [1.807, 2.05) is 0 Å². The number of nitrogens with one attached hydrogen (secondary N) is 1. The van der Waals surface area contributed by atoms with Crippen LogP contribution in [0.5, 0.6) is 0 Å². The summed E-state index contributed by atoms with van der Waals surface area (Å²) in [7, 11) is 0. The second-order valence-corrected chi connectivity index (χ2v) is 5.65. The molecule has 110 valence electrons. The topological polar surface area (TPSA) is 71.2 Å². The summed E-state index contributed by atoms with van der Waals surface area (Å²) in [5.74, 6) is 0.0941. The number of piperidine rings is 1. The highest BCUT2D eigenvalue weighted by Crippen LogP contribution is 2.16. The van der Waals surface area contributed by atoms with Gasteiger partial charge in [-0.2, -0.15) is 0 Å². The Morgan fingerprint density at radius 1 is 1.50 bits per heavy atom. The minimum atomic E-state index is -0.201. The molecule has 1 aliphatic heterocycles. The normalized spacial score (nSPS) is 17.7. The van der Waals surface area contributed by atoms with Crippen LogP contribution in [0.4, 0.5) is 5.82 Å². The Kier molecular flexibility index (Phi) is 5.20. The molecule has 0 aromatic carbocycles. The van der Waals surface area contributed by atoms with Crippen LogP contribution >= 0.6 is 11.6 Å². The Balaban J connectivity index is 1.89. The molecule has 0 spiro atoms. The Labute approximate surface area is 124 Å². The van der Waals surface area contributed by atoms with Crippen molar-refractivity contribution in [1.29, 1.82) is 0 Å². The van der Waals surface area contributed by atoms with Crippen molar-refractivity contribution >= 4 is 23.3 Å². The highest BCUT2D eigenvalue weighted by atomic mass is 35.5. The summed E-state index contributed by atoms with van der Waals surface area (Å²) < 4.78 is 0. The highest BCUT2D eigenvalue weighted by Gasteiger charge is 2.18. The molecule has 1 fully saturated rings. The molecule has 1 unspecified atom stereocenters. The Morgan fingerprint density at radius 2 is 2.20 bits per heavy atom. The van der Waals surface area contributed by atoms with Crippen LogP contribution < -0.4 is 11.1 Å². The van der Waals surface area contributed by atoms with Crippen LogP contribution in [0.15, 0.2) is 12.3 Å².